The van der Waals surface area contributed by atoms with Gasteiger partial charge < -0.3 is 4.42 Å². The van der Waals surface area contributed by atoms with Crippen LogP contribution < -0.4 is 5.32 Å². The van der Waals surface area contributed by atoms with Crippen molar-refractivity contribution in [2.24, 2.45) is 0 Å². The van der Waals surface area contributed by atoms with E-state index in [1.807, 2.05) is 12.1 Å². The van der Waals surface area contributed by atoms with Crippen LogP contribution in [0, 0.1) is 6.92 Å². The molecule has 0 aliphatic heterocycles. The van der Waals surface area contributed by atoms with E-state index in [1.165, 1.54) is 21.6 Å². The summed E-state index contributed by atoms with van der Waals surface area (Å²) >= 11 is 1.73. The summed E-state index contributed by atoms with van der Waals surface area (Å²) in [5, 5.41) is 12.1. The number of hydrogen-bond donors (Lipinski definition) is 1. The number of aromatic nitrogens is 2. The molecule has 0 atom stereocenters. The molecule has 5 heteroatoms. The van der Waals surface area contributed by atoms with E-state index in [1.54, 1.807) is 11.3 Å². The molecule has 4 nitrogen and oxygen atoms in total. The molecule has 2 aromatic carbocycles. The van der Waals surface area contributed by atoms with Crippen molar-refractivity contribution in [3.05, 3.63) is 94.2 Å². The van der Waals surface area contributed by atoms with Crippen molar-refractivity contribution in [3.63, 3.8) is 0 Å². The lowest BCUT2D eigenvalue weighted by Crippen LogP contribution is -2.22. The number of hydrogen-bond acceptors (Lipinski definition) is 5. The van der Waals surface area contributed by atoms with Crippen LogP contribution in [0.5, 0.6) is 0 Å². The van der Waals surface area contributed by atoms with Gasteiger partial charge in [-0.25, -0.2) is 0 Å². The van der Waals surface area contributed by atoms with Crippen molar-refractivity contribution < 1.29 is 4.42 Å². The molecule has 0 amide bonds. The maximum Gasteiger partial charge on any atom is 0.257 e. The molecule has 0 saturated carbocycles. The molecule has 4 rings (SSSR count). The highest BCUT2D eigenvalue weighted by atomic mass is 32.1. The van der Waals surface area contributed by atoms with E-state index in [2.05, 4.69) is 84.0 Å². The first-order valence-corrected chi connectivity index (χ1v) is 10.3. The van der Waals surface area contributed by atoms with Gasteiger partial charge in [0.2, 0.25) is 5.89 Å². The number of thiophene rings is 1. The predicted octanol–water partition coefficient (Wildman–Crippen LogP) is 5.55. The first-order valence-electron chi connectivity index (χ1n) is 9.50. The fourth-order valence-electron chi connectivity index (χ4n) is 3.31. The van der Waals surface area contributed by atoms with Gasteiger partial charge >= 0.3 is 0 Å². The molecule has 0 aliphatic carbocycles. The first kappa shape index (κ1) is 18.6. The smallest absolute Gasteiger partial charge is 0.257 e. The summed E-state index contributed by atoms with van der Waals surface area (Å²) in [5.41, 5.74) is 3.69. The van der Waals surface area contributed by atoms with Gasteiger partial charge in [-0.3, -0.25) is 5.32 Å². The van der Waals surface area contributed by atoms with Crippen molar-refractivity contribution in [1.29, 1.82) is 0 Å². The summed E-state index contributed by atoms with van der Waals surface area (Å²) in [7, 11) is 0. The lowest BCUT2D eigenvalue weighted by atomic mass is 9.99. The Morgan fingerprint density at radius 1 is 0.964 bits per heavy atom. The SMILES string of the molecule is CCc1sc(-c2nnc(CNC(c3ccccc3)c3ccccc3)o2)cc1C. The third-order valence-corrected chi connectivity index (χ3v) is 6.11. The van der Waals surface area contributed by atoms with E-state index >= 15 is 0 Å². The van der Waals surface area contributed by atoms with Crippen molar-refractivity contribution in [2.75, 3.05) is 0 Å². The highest BCUT2D eigenvalue weighted by molar-refractivity contribution is 7.15. The molecular weight excluding hydrogens is 366 g/mol. The fourth-order valence-corrected chi connectivity index (χ4v) is 4.34. The van der Waals surface area contributed by atoms with Gasteiger partial charge in [0.15, 0.2) is 0 Å². The maximum absolute atomic E-state index is 5.93. The van der Waals surface area contributed by atoms with Gasteiger partial charge in [-0.15, -0.1) is 21.5 Å². The molecule has 142 valence electrons. The van der Waals surface area contributed by atoms with Gasteiger partial charge in [-0.05, 0) is 36.1 Å². The van der Waals surface area contributed by atoms with E-state index in [9.17, 15) is 0 Å². The molecule has 0 radical (unpaired) electrons. The molecule has 2 heterocycles. The van der Waals surface area contributed by atoms with Crippen molar-refractivity contribution in [3.8, 4) is 10.8 Å². The van der Waals surface area contributed by atoms with Crippen molar-refractivity contribution >= 4 is 11.3 Å². The highest BCUT2D eigenvalue weighted by Crippen LogP contribution is 2.31. The molecule has 0 aliphatic rings. The van der Waals surface area contributed by atoms with Crippen molar-refractivity contribution in [1.82, 2.24) is 15.5 Å². The first-order chi connectivity index (χ1) is 13.7. The van der Waals surface area contributed by atoms with E-state index in [0.717, 1.165) is 11.3 Å². The minimum atomic E-state index is 0.0634. The number of nitrogens with one attached hydrogen (secondary N) is 1. The molecule has 0 bridgehead atoms. The number of rotatable bonds is 7. The second-order valence-electron chi connectivity index (χ2n) is 6.71. The second-order valence-corrected chi connectivity index (χ2v) is 7.84. The second kappa shape index (κ2) is 8.50. The Kier molecular flexibility index (Phi) is 5.65. The summed E-state index contributed by atoms with van der Waals surface area (Å²) < 4.78 is 5.93. The summed E-state index contributed by atoms with van der Waals surface area (Å²) in [4.78, 5) is 2.40. The monoisotopic (exact) mass is 389 g/mol. The number of aryl methyl sites for hydroxylation is 2. The summed E-state index contributed by atoms with van der Waals surface area (Å²) in [6.07, 6.45) is 1.02. The minimum absolute atomic E-state index is 0.0634. The minimum Gasteiger partial charge on any atom is -0.419 e. The number of benzene rings is 2. The molecular formula is C23H23N3OS. The summed E-state index contributed by atoms with van der Waals surface area (Å²) in [6.45, 7) is 4.80. The van der Waals surface area contributed by atoms with E-state index in [0.29, 0.717) is 18.3 Å². The summed E-state index contributed by atoms with van der Waals surface area (Å²) in [5.74, 6) is 1.19. The van der Waals surface area contributed by atoms with E-state index < -0.39 is 0 Å². The average Bonchev–Trinajstić information content (AvgIpc) is 3.36. The third-order valence-electron chi connectivity index (χ3n) is 4.74. The molecule has 0 unspecified atom stereocenters. The largest absolute Gasteiger partial charge is 0.419 e. The normalized spacial score (nSPS) is 11.2. The van der Waals surface area contributed by atoms with Gasteiger partial charge in [0.05, 0.1) is 17.5 Å². The Balaban J connectivity index is 1.52. The Morgan fingerprint density at radius 3 is 2.18 bits per heavy atom. The van der Waals surface area contributed by atoms with Gasteiger partial charge in [0.25, 0.3) is 5.89 Å². The molecule has 2 aromatic heterocycles. The molecule has 28 heavy (non-hydrogen) atoms. The average molecular weight is 390 g/mol. The maximum atomic E-state index is 5.93. The zero-order valence-corrected chi connectivity index (χ0v) is 16.9. The third kappa shape index (κ3) is 4.06. The number of nitrogens with zero attached hydrogens (tertiary/aromatic N) is 2. The Labute approximate surface area is 169 Å². The predicted molar refractivity (Wildman–Crippen MR) is 113 cm³/mol. The zero-order valence-electron chi connectivity index (χ0n) is 16.1. The van der Waals surface area contributed by atoms with Gasteiger partial charge in [0.1, 0.15) is 0 Å². The van der Waals surface area contributed by atoms with Crippen LogP contribution in [-0.4, -0.2) is 10.2 Å². The van der Waals surface area contributed by atoms with E-state index in [4.69, 9.17) is 4.42 Å². The Morgan fingerprint density at radius 2 is 1.61 bits per heavy atom. The Bertz CT molecular complexity index is 985. The molecule has 0 spiro atoms. The van der Waals surface area contributed by atoms with Gasteiger partial charge in [0, 0.05) is 4.88 Å². The molecule has 1 N–H and O–H groups in total. The highest BCUT2D eigenvalue weighted by Gasteiger charge is 2.16. The van der Waals surface area contributed by atoms with Crippen LogP contribution in [0.15, 0.2) is 71.1 Å². The van der Waals surface area contributed by atoms with Crippen LogP contribution in [0.4, 0.5) is 0 Å². The standard InChI is InChI=1S/C23H23N3OS/c1-3-19-16(2)14-20(28-19)23-26-25-21(27-23)15-24-22(17-10-6-4-7-11-17)18-12-8-5-9-13-18/h4-14,22,24H,3,15H2,1-2H3. The topological polar surface area (TPSA) is 51.0 Å². The lowest BCUT2D eigenvalue weighted by Gasteiger charge is -2.18. The van der Waals surface area contributed by atoms with E-state index in [-0.39, 0.29) is 6.04 Å². The Hall–Kier alpha value is -2.76. The zero-order chi connectivity index (χ0) is 19.3. The fraction of sp³-hybridized carbons (Fsp3) is 0.217. The quantitative estimate of drug-likeness (QED) is 0.450. The molecule has 0 saturated heterocycles. The van der Waals surface area contributed by atoms with Crippen LogP contribution in [0.25, 0.3) is 10.8 Å². The van der Waals surface area contributed by atoms with Crippen LogP contribution in [0.1, 0.15) is 40.4 Å². The lowest BCUT2D eigenvalue weighted by molar-refractivity contribution is 0.462. The van der Waals surface area contributed by atoms with Crippen molar-refractivity contribution in [2.45, 2.75) is 32.9 Å². The van der Waals surface area contributed by atoms with Gasteiger partial charge in [-0.2, -0.15) is 0 Å². The van der Waals surface area contributed by atoms with Gasteiger partial charge in [-0.1, -0.05) is 67.6 Å². The molecule has 0 fully saturated rings. The molecule has 4 aromatic rings. The van der Waals surface area contributed by atoms with Crippen LogP contribution >= 0.6 is 11.3 Å². The van der Waals surface area contributed by atoms with Crippen LogP contribution in [0.3, 0.4) is 0 Å². The van der Waals surface area contributed by atoms with Crippen LogP contribution in [0.2, 0.25) is 0 Å². The summed E-state index contributed by atoms with van der Waals surface area (Å²) in [6, 6.07) is 23.0. The van der Waals surface area contributed by atoms with Crippen LogP contribution in [-0.2, 0) is 13.0 Å².